The summed E-state index contributed by atoms with van der Waals surface area (Å²) in [6, 6.07) is 0. The molecule has 0 saturated carbocycles. The number of nitrogens with one attached hydrogen (secondary N) is 1. The second kappa shape index (κ2) is 6.96. The smallest absolute Gasteiger partial charge is 0.0300 e. The topological polar surface area (TPSA) is 15.3 Å². The average Bonchev–Trinajstić information content (AvgIpc) is 2.11. The fourth-order valence-electron chi connectivity index (χ4n) is 1.62. The number of hydrogen-bond acceptors (Lipinski definition) is 2. The normalized spacial score (nSPS) is 9.92. The summed E-state index contributed by atoms with van der Waals surface area (Å²) in [6.07, 6.45) is 1.14. The third-order valence-electron chi connectivity index (χ3n) is 2.31. The standard InChI is InChI=1S/C11H24N2/c1-6-11(10(3)4)13(7-2)9-8-12-5/h12H,6-9H2,1-5H3. The largest absolute Gasteiger partial charge is 0.374 e. The van der Waals surface area contributed by atoms with E-state index in [1.807, 2.05) is 7.05 Å². The predicted molar refractivity (Wildman–Crippen MR) is 59.8 cm³/mol. The van der Waals surface area contributed by atoms with E-state index in [4.69, 9.17) is 0 Å². The van der Waals surface area contributed by atoms with Crippen molar-refractivity contribution in [3.05, 3.63) is 11.3 Å². The predicted octanol–water partition coefficient (Wildman–Crippen LogP) is 2.23. The van der Waals surface area contributed by atoms with Crippen molar-refractivity contribution in [1.29, 1.82) is 0 Å². The van der Waals surface area contributed by atoms with Gasteiger partial charge in [0.15, 0.2) is 0 Å². The van der Waals surface area contributed by atoms with Gasteiger partial charge in [-0.05, 0) is 34.2 Å². The molecule has 0 atom stereocenters. The quantitative estimate of drug-likeness (QED) is 0.681. The van der Waals surface area contributed by atoms with E-state index in [9.17, 15) is 0 Å². The highest BCUT2D eigenvalue weighted by Crippen LogP contribution is 2.12. The van der Waals surface area contributed by atoms with Gasteiger partial charge < -0.3 is 10.2 Å². The molecule has 0 aliphatic heterocycles. The van der Waals surface area contributed by atoms with Gasteiger partial charge in [-0.25, -0.2) is 0 Å². The zero-order valence-corrected chi connectivity index (χ0v) is 9.78. The van der Waals surface area contributed by atoms with E-state index in [0.717, 1.165) is 26.1 Å². The Morgan fingerprint density at radius 3 is 2.15 bits per heavy atom. The fourth-order valence-corrected chi connectivity index (χ4v) is 1.62. The van der Waals surface area contributed by atoms with Crippen LogP contribution < -0.4 is 5.32 Å². The third-order valence-corrected chi connectivity index (χ3v) is 2.31. The number of hydrogen-bond donors (Lipinski definition) is 1. The second-order valence-electron chi connectivity index (χ2n) is 3.48. The van der Waals surface area contributed by atoms with Crippen LogP contribution in [-0.2, 0) is 0 Å². The maximum Gasteiger partial charge on any atom is 0.0300 e. The first-order valence-corrected chi connectivity index (χ1v) is 5.23. The van der Waals surface area contributed by atoms with Crippen LogP contribution in [0.15, 0.2) is 11.3 Å². The van der Waals surface area contributed by atoms with Crippen molar-refractivity contribution in [1.82, 2.24) is 10.2 Å². The van der Waals surface area contributed by atoms with Gasteiger partial charge in [-0.1, -0.05) is 12.5 Å². The van der Waals surface area contributed by atoms with Crippen LogP contribution in [0.25, 0.3) is 0 Å². The first kappa shape index (κ1) is 12.5. The Bertz CT molecular complexity index is 157. The summed E-state index contributed by atoms with van der Waals surface area (Å²) in [5, 5.41) is 3.19. The van der Waals surface area contributed by atoms with Gasteiger partial charge in [0.25, 0.3) is 0 Å². The Kier molecular flexibility index (Phi) is 6.69. The zero-order valence-electron chi connectivity index (χ0n) is 9.78. The van der Waals surface area contributed by atoms with Crippen LogP contribution >= 0.6 is 0 Å². The molecule has 0 aliphatic rings. The van der Waals surface area contributed by atoms with Gasteiger partial charge in [0.05, 0.1) is 0 Å². The van der Waals surface area contributed by atoms with Crippen LogP contribution in [-0.4, -0.2) is 31.6 Å². The van der Waals surface area contributed by atoms with Crippen LogP contribution in [0.3, 0.4) is 0 Å². The summed E-state index contributed by atoms with van der Waals surface area (Å²) in [4.78, 5) is 2.45. The molecule has 0 aromatic rings. The molecule has 0 spiro atoms. The van der Waals surface area contributed by atoms with Crippen molar-refractivity contribution in [2.45, 2.75) is 34.1 Å². The van der Waals surface area contributed by atoms with Gasteiger partial charge >= 0.3 is 0 Å². The van der Waals surface area contributed by atoms with E-state index in [-0.39, 0.29) is 0 Å². The molecule has 0 aromatic carbocycles. The summed E-state index contributed by atoms with van der Waals surface area (Å²) < 4.78 is 0. The molecule has 0 saturated heterocycles. The van der Waals surface area contributed by atoms with E-state index < -0.39 is 0 Å². The minimum absolute atomic E-state index is 1.06. The average molecular weight is 184 g/mol. The lowest BCUT2D eigenvalue weighted by Crippen LogP contribution is -2.30. The number of nitrogens with zero attached hydrogens (tertiary/aromatic N) is 1. The maximum atomic E-state index is 3.19. The van der Waals surface area contributed by atoms with Gasteiger partial charge in [-0.15, -0.1) is 0 Å². The Morgan fingerprint density at radius 2 is 1.85 bits per heavy atom. The lowest BCUT2D eigenvalue weighted by molar-refractivity contribution is 0.349. The molecule has 78 valence electrons. The van der Waals surface area contributed by atoms with E-state index in [0.29, 0.717) is 0 Å². The molecule has 0 fully saturated rings. The van der Waals surface area contributed by atoms with Crippen LogP contribution in [0.5, 0.6) is 0 Å². The molecule has 0 amide bonds. The monoisotopic (exact) mass is 184 g/mol. The highest BCUT2D eigenvalue weighted by atomic mass is 15.1. The molecule has 2 nitrogen and oxygen atoms in total. The molecular formula is C11H24N2. The van der Waals surface area contributed by atoms with Crippen molar-refractivity contribution in [2.24, 2.45) is 0 Å². The van der Waals surface area contributed by atoms with E-state index >= 15 is 0 Å². The number of rotatable bonds is 6. The molecular weight excluding hydrogens is 160 g/mol. The van der Waals surface area contributed by atoms with Gasteiger partial charge in [0.1, 0.15) is 0 Å². The van der Waals surface area contributed by atoms with Crippen molar-refractivity contribution in [3.8, 4) is 0 Å². The number of allylic oxidation sites excluding steroid dienone is 2. The van der Waals surface area contributed by atoms with Gasteiger partial charge in [0, 0.05) is 25.3 Å². The highest BCUT2D eigenvalue weighted by molar-refractivity contribution is 5.08. The Labute approximate surface area is 83.0 Å². The van der Waals surface area contributed by atoms with Crippen molar-refractivity contribution in [2.75, 3.05) is 26.7 Å². The molecule has 0 aromatic heterocycles. The zero-order chi connectivity index (χ0) is 10.3. The van der Waals surface area contributed by atoms with Crippen molar-refractivity contribution in [3.63, 3.8) is 0 Å². The summed E-state index contributed by atoms with van der Waals surface area (Å²) in [7, 11) is 2.00. The van der Waals surface area contributed by atoms with Crippen LogP contribution in [0.2, 0.25) is 0 Å². The second-order valence-corrected chi connectivity index (χ2v) is 3.48. The first-order chi connectivity index (χ1) is 6.17. The van der Waals surface area contributed by atoms with Gasteiger partial charge in [0.2, 0.25) is 0 Å². The summed E-state index contributed by atoms with van der Waals surface area (Å²) in [5.74, 6) is 0. The van der Waals surface area contributed by atoms with Crippen LogP contribution in [0.4, 0.5) is 0 Å². The van der Waals surface area contributed by atoms with E-state index in [1.165, 1.54) is 11.3 Å². The molecule has 1 N–H and O–H groups in total. The molecule has 13 heavy (non-hydrogen) atoms. The van der Waals surface area contributed by atoms with Crippen molar-refractivity contribution < 1.29 is 0 Å². The highest BCUT2D eigenvalue weighted by Gasteiger charge is 2.05. The van der Waals surface area contributed by atoms with Gasteiger partial charge in [-0.2, -0.15) is 0 Å². The Balaban J connectivity index is 4.27. The van der Waals surface area contributed by atoms with Crippen molar-refractivity contribution >= 4 is 0 Å². The summed E-state index contributed by atoms with van der Waals surface area (Å²) >= 11 is 0. The van der Waals surface area contributed by atoms with Crippen LogP contribution in [0.1, 0.15) is 34.1 Å². The minimum Gasteiger partial charge on any atom is -0.374 e. The fraction of sp³-hybridized carbons (Fsp3) is 0.818. The lowest BCUT2D eigenvalue weighted by Gasteiger charge is -2.26. The lowest BCUT2D eigenvalue weighted by atomic mass is 10.2. The number of likely N-dealkylation sites (N-methyl/N-ethyl adjacent to an activating group) is 2. The first-order valence-electron chi connectivity index (χ1n) is 5.23. The van der Waals surface area contributed by atoms with Crippen LogP contribution in [0, 0.1) is 0 Å². The van der Waals surface area contributed by atoms with E-state index in [1.54, 1.807) is 0 Å². The Hall–Kier alpha value is -0.500. The third kappa shape index (κ3) is 4.32. The SMILES string of the molecule is CCC(=C(C)C)N(CC)CCNC. The van der Waals surface area contributed by atoms with Gasteiger partial charge in [-0.3, -0.25) is 0 Å². The Morgan fingerprint density at radius 1 is 1.23 bits per heavy atom. The van der Waals surface area contributed by atoms with E-state index in [2.05, 4.69) is 37.9 Å². The molecule has 0 rings (SSSR count). The minimum atomic E-state index is 1.06. The molecule has 0 bridgehead atoms. The maximum absolute atomic E-state index is 3.19. The molecule has 2 heteroatoms. The molecule has 0 aliphatic carbocycles. The summed E-state index contributed by atoms with van der Waals surface area (Å²) in [5.41, 5.74) is 2.94. The molecule has 0 heterocycles. The molecule has 0 radical (unpaired) electrons. The molecule has 0 unspecified atom stereocenters. The summed E-state index contributed by atoms with van der Waals surface area (Å²) in [6.45, 7) is 12.1.